The van der Waals surface area contributed by atoms with Crippen molar-refractivity contribution in [1.82, 2.24) is 0 Å². The minimum absolute atomic E-state index is 0.101. The number of carbonyl (C=O) groups is 1. The van der Waals surface area contributed by atoms with Crippen molar-refractivity contribution in [2.75, 3.05) is 0 Å². The molecule has 5 heteroatoms. The van der Waals surface area contributed by atoms with E-state index in [4.69, 9.17) is 10.2 Å². The van der Waals surface area contributed by atoms with Crippen molar-refractivity contribution in [3.63, 3.8) is 0 Å². The molecule has 0 bridgehead atoms. The molecule has 0 rings (SSSR count). The molecule has 4 nitrogen and oxygen atoms in total. The van der Waals surface area contributed by atoms with Gasteiger partial charge < -0.3 is 14.9 Å². The van der Waals surface area contributed by atoms with Gasteiger partial charge in [-0.3, -0.25) is 0 Å². The van der Waals surface area contributed by atoms with Crippen molar-refractivity contribution in [1.29, 1.82) is 0 Å². The molecule has 20 heavy (non-hydrogen) atoms. The smallest absolute Gasteiger partial charge is 0.409 e. The molecule has 0 aromatic rings. The topological polar surface area (TPSA) is 61.6 Å². The van der Waals surface area contributed by atoms with Gasteiger partial charge >= 0.3 is 6.09 Å². The van der Waals surface area contributed by atoms with Crippen LogP contribution in [0.1, 0.15) is 41.5 Å². The molecule has 2 N–H and O–H groups in total. The first-order valence-corrected chi connectivity index (χ1v) is 10.1. The number of primary amides is 1. The summed E-state index contributed by atoms with van der Waals surface area (Å²) in [6, 6.07) is 0. The second-order valence-corrected chi connectivity index (χ2v) is 12.0. The van der Waals surface area contributed by atoms with E-state index in [-0.39, 0.29) is 17.1 Å². The van der Waals surface area contributed by atoms with Crippen LogP contribution in [0.5, 0.6) is 0 Å². The van der Waals surface area contributed by atoms with E-state index < -0.39 is 14.4 Å². The maximum Gasteiger partial charge on any atom is 0.409 e. The van der Waals surface area contributed by atoms with E-state index >= 15 is 0 Å². The number of nitrogens with two attached hydrogens (primary N) is 1. The van der Waals surface area contributed by atoms with Gasteiger partial charge in [0.2, 0.25) is 0 Å². The summed E-state index contributed by atoms with van der Waals surface area (Å²) in [6.07, 6.45) is 2.50. The highest BCUT2D eigenvalue weighted by atomic mass is 28.4. The SMILES string of the molecule is CC(C)[C@@H](O[Si](C)(C)C(C)(C)C)[C@@H](C)/C=C\OC(N)=O. The lowest BCUT2D eigenvalue weighted by atomic mass is 9.95. The zero-order valence-corrected chi connectivity index (χ0v) is 15.2. The van der Waals surface area contributed by atoms with Gasteiger partial charge in [0.15, 0.2) is 8.32 Å². The van der Waals surface area contributed by atoms with Crippen molar-refractivity contribution >= 4 is 14.4 Å². The standard InChI is InChI=1S/C15H31NO3Si/c1-11(2)13(12(3)9-10-18-14(16)17)19-20(7,8)15(4,5)6/h9-13H,1-8H3,(H2,16,17)/b10-9-/t12-,13+/m0/s1. The molecule has 0 aromatic heterocycles. The summed E-state index contributed by atoms with van der Waals surface area (Å²) in [5.41, 5.74) is 4.94. The first-order chi connectivity index (χ1) is 8.88. The zero-order chi connectivity index (χ0) is 16.1. The van der Waals surface area contributed by atoms with Crippen LogP contribution in [0.25, 0.3) is 0 Å². The predicted octanol–water partition coefficient (Wildman–Crippen LogP) is 4.28. The fraction of sp³-hybridized carbons (Fsp3) is 0.800. The third kappa shape index (κ3) is 6.09. The average molecular weight is 302 g/mol. The van der Waals surface area contributed by atoms with E-state index in [0.717, 1.165) is 0 Å². The van der Waals surface area contributed by atoms with Gasteiger partial charge in [0.05, 0.1) is 12.4 Å². The first-order valence-electron chi connectivity index (χ1n) is 7.19. The summed E-state index contributed by atoms with van der Waals surface area (Å²) < 4.78 is 11.2. The van der Waals surface area contributed by atoms with Gasteiger partial charge in [0, 0.05) is 5.92 Å². The molecule has 0 fully saturated rings. The molecule has 0 spiro atoms. The maximum absolute atomic E-state index is 10.6. The minimum Gasteiger partial charge on any atom is -0.419 e. The van der Waals surface area contributed by atoms with Crippen molar-refractivity contribution in [3.05, 3.63) is 12.3 Å². The van der Waals surface area contributed by atoms with Crippen molar-refractivity contribution in [3.8, 4) is 0 Å². The number of hydrogen-bond donors (Lipinski definition) is 1. The molecule has 0 saturated heterocycles. The highest BCUT2D eigenvalue weighted by Gasteiger charge is 2.40. The Balaban J connectivity index is 4.90. The fourth-order valence-electron chi connectivity index (χ4n) is 1.71. The Hall–Kier alpha value is -0.813. The molecule has 0 unspecified atom stereocenters. The molecule has 2 atom stereocenters. The van der Waals surface area contributed by atoms with Gasteiger partial charge in [0.1, 0.15) is 0 Å². The van der Waals surface area contributed by atoms with Gasteiger partial charge in [-0.1, -0.05) is 41.5 Å². The lowest BCUT2D eigenvalue weighted by molar-refractivity contribution is 0.0994. The molecule has 0 saturated carbocycles. The molecule has 0 radical (unpaired) electrons. The number of carbonyl (C=O) groups excluding carboxylic acids is 1. The van der Waals surface area contributed by atoms with E-state index in [0.29, 0.717) is 5.92 Å². The van der Waals surface area contributed by atoms with E-state index in [1.54, 1.807) is 0 Å². The number of ether oxygens (including phenoxy) is 1. The minimum atomic E-state index is -1.82. The van der Waals surface area contributed by atoms with E-state index in [9.17, 15) is 4.79 Å². The van der Waals surface area contributed by atoms with Crippen molar-refractivity contribution < 1.29 is 14.0 Å². The fourth-order valence-corrected chi connectivity index (χ4v) is 3.23. The molecule has 0 heterocycles. The highest BCUT2D eigenvalue weighted by molar-refractivity contribution is 6.74. The van der Waals surface area contributed by atoms with Crippen LogP contribution < -0.4 is 5.73 Å². The van der Waals surface area contributed by atoms with Gasteiger partial charge in [0.25, 0.3) is 0 Å². The van der Waals surface area contributed by atoms with Crippen LogP contribution in [0.4, 0.5) is 4.79 Å². The average Bonchev–Trinajstić information content (AvgIpc) is 2.23. The summed E-state index contributed by atoms with van der Waals surface area (Å²) in [6.45, 7) is 17.6. The summed E-state index contributed by atoms with van der Waals surface area (Å²) in [7, 11) is -1.82. The maximum atomic E-state index is 10.6. The molecule has 0 aliphatic carbocycles. The first kappa shape index (κ1) is 19.2. The Morgan fingerprint density at radius 3 is 2.05 bits per heavy atom. The molecule has 0 aliphatic heterocycles. The molecular formula is C15H31NO3Si. The summed E-state index contributed by atoms with van der Waals surface area (Å²) in [5, 5.41) is 0.174. The third-order valence-corrected chi connectivity index (χ3v) is 8.45. The largest absolute Gasteiger partial charge is 0.419 e. The molecular weight excluding hydrogens is 270 g/mol. The Labute approximate surface area is 124 Å². The predicted molar refractivity (Wildman–Crippen MR) is 85.9 cm³/mol. The Morgan fingerprint density at radius 1 is 1.20 bits per heavy atom. The lowest BCUT2D eigenvalue weighted by Gasteiger charge is -2.41. The zero-order valence-electron chi connectivity index (χ0n) is 14.2. The second kappa shape index (κ2) is 7.27. The molecule has 0 aromatic carbocycles. The van der Waals surface area contributed by atoms with Gasteiger partial charge in [-0.25, -0.2) is 4.79 Å². The van der Waals surface area contributed by atoms with Crippen molar-refractivity contribution in [2.45, 2.75) is 65.8 Å². The van der Waals surface area contributed by atoms with Crippen LogP contribution >= 0.6 is 0 Å². The molecule has 1 amide bonds. The summed E-state index contributed by atoms with van der Waals surface area (Å²) >= 11 is 0. The summed E-state index contributed by atoms with van der Waals surface area (Å²) in [5.74, 6) is 0.542. The second-order valence-electron chi connectivity index (χ2n) is 7.21. The number of hydrogen-bond acceptors (Lipinski definition) is 3. The van der Waals surface area contributed by atoms with E-state index in [1.807, 2.05) is 6.08 Å². The van der Waals surface area contributed by atoms with Crippen LogP contribution in [0.15, 0.2) is 12.3 Å². The van der Waals surface area contributed by atoms with Gasteiger partial charge in [-0.05, 0) is 30.1 Å². The summed E-state index contributed by atoms with van der Waals surface area (Å²) in [4.78, 5) is 10.6. The lowest BCUT2D eigenvalue weighted by Crippen LogP contribution is -2.46. The Kier molecular flexibility index (Phi) is 6.97. The van der Waals surface area contributed by atoms with Crippen LogP contribution in [0.2, 0.25) is 18.1 Å². The number of amides is 1. The Bertz CT molecular complexity index is 346. The van der Waals surface area contributed by atoms with Crippen LogP contribution in [0, 0.1) is 11.8 Å². The van der Waals surface area contributed by atoms with Crippen LogP contribution in [-0.2, 0) is 9.16 Å². The quantitative estimate of drug-likeness (QED) is 0.588. The van der Waals surface area contributed by atoms with Gasteiger partial charge in [-0.2, -0.15) is 0 Å². The normalized spacial score (nSPS) is 16.4. The molecule has 118 valence electrons. The van der Waals surface area contributed by atoms with Crippen molar-refractivity contribution in [2.24, 2.45) is 17.6 Å². The van der Waals surface area contributed by atoms with Gasteiger partial charge in [-0.15, -0.1) is 0 Å². The third-order valence-electron chi connectivity index (χ3n) is 3.98. The van der Waals surface area contributed by atoms with E-state index in [2.05, 4.69) is 59.4 Å². The van der Waals surface area contributed by atoms with E-state index in [1.165, 1.54) is 6.26 Å². The number of rotatable bonds is 6. The molecule has 0 aliphatic rings. The van der Waals surface area contributed by atoms with Crippen LogP contribution in [0.3, 0.4) is 0 Å². The monoisotopic (exact) mass is 301 g/mol. The Morgan fingerprint density at radius 2 is 1.70 bits per heavy atom. The van der Waals surface area contributed by atoms with Crippen LogP contribution in [-0.4, -0.2) is 20.5 Å². The highest BCUT2D eigenvalue weighted by Crippen LogP contribution is 2.39.